The molecule has 0 aliphatic carbocycles. The second kappa shape index (κ2) is 6.78. The van der Waals surface area contributed by atoms with Crippen molar-refractivity contribution in [2.24, 2.45) is 0 Å². The van der Waals surface area contributed by atoms with E-state index in [2.05, 4.69) is 52.3 Å². The van der Waals surface area contributed by atoms with Gasteiger partial charge in [0.2, 0.25) is 5.89 Å². The van der Waals surface area contributed by atoms with Crippen LogP contribution in [0, 0.1) is 0 Å². The van der Waals surface area contributed by atoms with Crippen LogP contribution in [0.3, 0.4) is 0 Å². The van der Waals surface area contributed by atoms with Crippen molar-refractivity contribution in [1.82, 2.24) is 9.97 Å². The number of nitrogens with zero attached hydrogens (tertiary/aromatic N) is 2. The monoisotopic (exact) mass is 450 g/mol. The molecule has 0 N–H and O–H groups in total. The lowest BCUT2D eigenvalue weighted by Crippen LogP contribution is -1.90. The molecule has 0 aliphatic rings. The number of hydrogen-bond acceptors (Lipinski definition) is 3. The van der Waals surface area contributed by atoms with Crippen molar-refractivity contribution in [2.45, 2.75) is 0 Å². The number of halogens is 1. The van der Waals surface area contributed by atoms with Crippen LogP contribution in [0.4, 0.5) is 0 Å². The molecule has 0 unspecified atom stereocenters. The van der Waals surface area contributed by atoms with Crippen LogP contribution in [0.15, 0.2) is 99.9 Å². The number of benzene rings is 4. The van der Waals surface area contributed by atoms with E-state index in [9.17, 15) is 0 Å². The largest absolute Gasteiger partial charge is 0.436 e. The summed E-state index contributed by atoms with van der Waals surface area (Å²) in [6.45, 7) is 0. The summed E-state index contributed by atoms with van der Waals surface area (Å²) >= 11 is 3.52. The van der Waals surface area contributed by atoms with Crippen LogP contribution in [0.25, 0.3) is 55.5 Å². The molecule has 0 bridgehead atoms. The molecule has 30 heavy (non-hydrogen) atoms. The second-order valence-electron chi connectivity index (χ2n) is 7.24. The Morgan fingerprint density at radius 2 is 1.37 bits per heavy atom. The minimum atomic E-state index is 0.628. The summed E-state index contributed by atoms with van der Waals surface area (Å²) < 4.78 is 7.18. The molecule has 0 aliphatic heterocycles. The average molecular weight is 451 g/mol. The fourth-order valence-electron chi connectivity index (χ4n) is 3.90. The SMILES string of the molecule is Brc1ccc(-c2nc3ccccc3c3cc4oc(-c5ccccc5)nc4cc23)cc1. The van der Waals surface area contributed by atoms with Crippen molar-refractivity contribution in [2.75, 3.05) is 0 Å². The summed E-state index contributed by atoms with van der Waals surface area (Å²) in [5.41, 5.74) is 5.55. The maximum absolute atomic E-state index is 6.13. The molecule has 0 saturated carbocycles. The molecule has 142 valence electrons. The van der Waals surface area contributed by atoms with Gasteiger partial charge >= 0.3 is 0 Å². The van der Waals surface area contributed by atoms with E-state index < -0.39 is 0 Å². The highest BCUT2D eigenvalue weighted by Crippen LogP contribution is 2.36. The number of pyridine rings is 1. The minimum absolute atomic E-state index is 0.628. The van der Waals surface area contributed by atoms with E-state index in [-0.39, 0.29) is 0 Å². The van der Waals surface area contributed by atoms with Gasteiger partial charge in [-0.05, 0) is 47.9 Å². The van der Waals surface area contributed by atoms with Gasteiger partial charge in [0.05, 0.1) is 11.2 Å². The van der Waals surface area contributed by atoms with Gasteiger partial charge in [0.15, 0.2) is 5.58 Å². The number of rotatable bonds is 2. The van der Waals surface area contributed by atoms with Crippen molar-refractivity contribution >= 4 is 48.7 Å². The third-order valence-corrected chi connectivity index (χ3v) is 5.88. The lowest BCUT2D eigenvalue weighted by molar-refractivity contribution is 0.620. The lowest BCUT2D eigenvalue weighted by atomic mass is 9.99. The van der Waals surface area contributed by atoms with Gasteiger partial charge in [0.1, 0.15) is 5.52 Å². The zero-order chi connectivity index (χ0) is 20.1. The van der Waals surface area contributed by atoms with Gasteiger partial charge in [-0.2, -0.15) is 0 Å². The first-order valence-corrected chi connectivity index (χ1v) is 10.5. The summed E-state index contributed by atoms with van der Waals surface area (Å²) in [5, 5.41) is 3.28. The Bertz CT molecular complexity index is 1540. The summed E-state index contributed by atoms with van der Waals surface area (Å²) in [4.78, 5) is 9.76. The Hall–Kier alpha value is -3.50. The molecule has 0 spiro atoms. The Morgan fingerprint density at radius 3 is 2.20 bits per heavy atom. The third kappa shape index (κ3) is 2.80. The van der Waals surface area contributed by atoms with Gasteiger partial charge in [-0.1, -0.05) is 64.5 Å². The first kappa shape index (κ1) is 17.4. The summed E-state index contributed by atoms with van der Waals surface area (Å²) in [7, 11) is 0. The van der Waals surface area contributed by atoms with Crippen molar-refractivity contribution in [3.8, 4) is 22.7 Å². The molecular formula is C26H15BrN2O. The van der Waals surface area contributed by atoms with Crippen molar-refractivity contribution in [3.63, 3.8) is 0 Å². The van der Waals surface area contributed by atoms with Crippen LogP contribution >= 0.6 is 15.9 Å². The van der Waals surface area contributed by atoms with Gasteiger partial charge in [-0.15, -0.1) is 0 Å². The first-order valence-electron chi connectivity index (χ1n) is 9.71. The highest BCUT2D eigenvalue weighted by Gasteiger charge is 2.15. The molecule has 4 aromatic carbocycles. The smallest absolute Gasteiger partial charge is 0.227 e. The fourth-order valence-corrected chi connectivity index (χ4v) is 4.17. The van der Waals surface area contributed by atoms with E-state index in [1.807, 2.05) is 54.6 Å². The molecule has 2 aromatic heterocycles. The average Bonchev–Trinajstić information content (AvgIpc) is 3.22. The zero-order valence-corrected chi connectivity index (χ0v) is 17.4. The van der Waals surface area contributed by atoms with Gasteiger partial charge in [0.25, 0.3) is 0 Å². The van der Waals surface area contributed by atoms with E-state index in [1.54, 1.807) is 0 Å². The highest BCUT2D eigenvalue weighted by molar-refractivity contribution is 9.10. The molecule has 0 saturated heterocycles. The van der Waals surface area contributed by atoms with Crippen molar-refractivity contribution in [1.29, 1.82) is 0 Å². The summed E-state index contributed by atoms with van der Waals surface area (Å²) in [6, 6.07) is 30.7. The topological polar surface area (TPSA) is 38.9 Å². The van der Waals surface area contributed by atoms with Crippen LogP contribution in [0.2, 0.25) is 0 Å². The van der Waals surface area contributed by atoms with E-state index in [0.717, 1.165) is 54.1 Å². The summed E-state index contributed by atoms with van der Waals surface area (Å²) in [5.74, 6) is 0.628. The summed E-state index contributed by atoms with van der Waals surface area (Å²) in [6.07, 6.45) is 0. The lowest BCUT2D eigenvalue weighted by Gasteiger charge is -2.10. The van der Waals surface area contributed by atoms with Crippen LogP contribution < -0.4 is 0 Å². The van der Waals surface area contributed by atoms with Gasteiger partial charge in [0, 0.05) is 26.4 Å². The number of aromatic nitrogens is 2. The predicted octanol–water partition coefficient (Wildman–Crippen LogP) is 7.63. The molecule has 2 heterocycles. The molecule has 0 radical (unpaired) electrons. The Morgan fingerprint density at radius 1 is 0.600 bits per heavy atom. The molecule has 6 rings (SSSR count). The second-order valence-corrected chi connectivity index (χ2v) is 8.15. The Kier molecular flexibility index (Phi) is 3.93. The van der Waals surface area contributed by atoms with E-state index in [4.69, 9.17) is 14.4 Å². The molecule has 0 fully saturated rings. The predicted molar refractivity (Wildman–Crippen MR) is 125 cm³/mol. The van der Waals surface area contributed by atoms with Crippen LogP contribution in [-0.2, 0) is 0 Å². The van der Waals surface area contributed by atoms with Crippen LogP contribution in [0.1, 0.15) is 0 Å². The van der Waals surface area contributed by atoms with Crippen LogP contribution in [0.5, 0.6) is 0 Å². The van der Waals surface area contributed by atoms with E-state index in [0.29, 0.717) is 5.89 Å². The molecular weight excluding hydrogens is 436 g/mol. The minimum Gasteiger partial charge on any atom is -0.436 e. The Balaban J connectivity index is 1.69. The number of para-hydroxylation sites is 1. The first-order chi connectivity index (χ1) is 14.8. The third-order valence-electron chi connectivity index (χ3n) is 5.35. The number of hydrogen-bond donors (Lipinski definition) is 0. The van der Waals surface area contributed by atoms with Gasteiger partial charge in [-0.25, -0.2) is 9.97 Å². The quantitative estimate of drug-likeness (QED) is 0.254. The molecule has 0 atom stereocenters. The zero-order valence-electron chi connectivity index (χ0n) is 15.8. The van der Waals surface area contributed by atoms with Crippen LogP contribution in [-0.4, -0.2) is 9.97 Å². The maximum atomic E-state index is 6.13. The maximum Gasteiger partial charge on any atom is 0.227 e. The Labute approximate surface area is 181 Å². The van der Waals surface area contributed by atoms with Crippen molar-refractivity contribution < 1.29 is 4.42 Å². The molecule has 0 amide bonds. The highest BCUT2D eigenvalue weighted by atomic mass is 79.9. The standard InChI is InChI=1S/C26H15BrN2O/c27-18-12-10-16(11-13-18)25-21-14-23-24(30-26(29-23)17-6-2-1-3-7-17)15-20(21)19-8-4-5-9-22(19)28-25/h1-15H. The fraction of sp³-hybridized carbons (Fsp3) is 0. The number of oxazole rings is 1. The number of fused-ring (bicyclic) bond motifs is 4. The van der Waals surface area contributed by atoms with Gasteiger partial charge < -0.3 is 4.42 Å². The molecule has 6 aromatic rings. The van der Waals surface area contributed by atoms with Crippen molar-refractivity contribution in [3.05, 3.63) is 95.5 Å². The normalized spacial score (nSPS) is 11.5. The molecule has 4 heteroatoms. The molecule has 3 nitrogen and oxygen atoms in total. The van der Waals surface area contributed by atoms with Gasteiger partial charge in [-0.3, -0.25) is 0 Å². The van der Waals surface area contributed by atoms with E-state index >= 15 is 0 Å². The van der Waals surface area contributed by atoms with E-state index in [1.165, 1.54) is 0 Å².